The number of carboxylic acids is 1. The molecule has 19 heavy (non-hydrogen) atoms. The normalized spacial score (nSPS) is 16.0. The second kappa shape index (κ2) is 4.50. The summed E-state index contributed by atoms with van der Waals surface area (Å²) in [5.74, 6) is -0.701. The Bertz CT molecular complexity index is 586. The predicted molar refractivity (Wildman–Crippen MR) is 72.0 cm³/mol. The van der Waals surface area contributed by atoms with E-state index in [4.69, 9.17) is 0 Å². The van der Waals surface area contributed by atoms with Gasteiger partial charge in [0.05, 0.1) is 5.41 Å². The second-order valence-electron chi connectivity index (χ2n) is 5.12. The Hall–Kier alpha value is -2.16. The highest BCUT2D eigenvalue weighted by molar-refractivity contribution is 5.84. The monoisotopic (exact) mass is 253 g/mol. The number of aromatic nitrogens is 1. The average molecular weight is 253 g/mol. The lowest BCUT2D eigenvalue weighted by Crippen LogP contribution is -2.19. The van der Waals surface area contributed by atoms with Crippen molar-refractivity contribution >= 4 is 5.97 Å². The average Bonchev–Trinajstić information content (AvgIpc) is 3.22. The van der Waals surface area contributed by atoms with E-state index in [1.807, 2.05) is 42.6 Å². The van der Waals surface area contributed by atoms with Gasteiger partial charge in [-0.25, -0.2) is 0 Å². The molecule has 1 aromatic carbocycles. The molecule has 0 radical (unpaired) electrons. The highest BCUT2D eigenvalue weighted by Gasteiger charge is 2.51. The number of benzene rings is 1. The van der Waals surface area contributed by atoms with Crippen LogP contribution in [0.2, 0.25) is 0 Å². The van der Waals surface area contributed by atoms with E-state index in [1.54, 1.807) is 6.20 Å². The van der Waals surface area contributed by atoms with Gasteiger partial charge in [-0.15, -0.1) is 0 Å². The smallest absolute Gasteiger partial charge is 0.314 e. The van der Waals surface area contributed by atoms with Gasteiger partial charge in [0.25, 0.3) is 0 Å². The van der Waals surface area contributed by atoms with Gasteiger partial charge in [-0.05, 0) is 42.0 Å². The molecular formula is C16H15NO2. The Morgan fingerprint density at radius 3 is 2.42 bits per heavy atom. The molecule has 0 aliphatic heterocycles. The van der Waals surface area contributed by atoms with Gasteiger partial charge in [0.1, 0.15) is 0 Å². The molecule has 2 aromatic rings. The minimum absolute atomic E-state index is 0.604. The van der Waals surface area contributed by atoms with E-state index in [0.29, 0.717) is 0 Å². The maximum Gasteiger partial charge on any atom is 0.314 e. The van der Waals surface area contributed by atoms with E-state index in [2.05, 4.69) is 4.98 Å². The van der Waals surface area contributed by atoms with Gasteiger partial charge in [0.15, 0.2) is 0 Å². The Morgan fingerprint density at radius 2 is 1.89 bits per heavy atom. The van der Waals surface area contributed by atoms with Crippen LogP contribution in [0.25, 0.3) is 0 Å². The number of aliphatic carboxylic acids is 1. The van der Waals surface area contributed by atoms with Crippen molar-refractivity contribution in [2.24, 2.45) is 0 Å². The van der Waals surface area contributed by atoms with Gasteiger partial charge in [-0.2, -0.15) is 0 Å². The zero-order chi connectivity index (χ0) is 13.3. The van der Waals surface area contributed by atoms with E-state index in [9.17, 15) is 9.90 Å². The third kappa shape index (κ3) is 2.24. The summed E-state index contributed by atoms with van der Waals surface area (Å²) in [6.07, 6.45) is 5.95. The maximum atomic E-state index is 11.3. The molecule has 1 aliphatic carbocycles. The fraction of sp³-hybridized carbons (Fsp3) is 0.250. The first-order chi connectivity index (χ1) is 9.21. The third-order valence-electron chi connectivity index (χ3n) is 3.80. The van der Waals surface area contributed by atoms with Crippen LogP contribution in [0.15, 0.2) is 48.8 Å². The SMILES string of the molecule is O=C(O)C1(c2ccc(Cc3cccnc3)cc2)CC1. The van der Waals surface area contributed by atoms with Crippen molar-refractivity contribution in [1.82, 2.24) is 4.98 Å². The predicted octanol–water partition coefficient (Wildman–Crippen LogP) is 2.79. The number of carboxylic acid groups (broad SMARTS) is 1. The summed E-state index contributed by atoms with van der Waals surface area (Å²) >= 11 is 0. The number of rotatable bonds is 4. The van der Waals surface area contributed by atoms with Gasteiger partial charge in [-0.1, -0.05) is 30.3 Å². The molecule has 0 atom stereocenters. The number of carbonyl (C=O) groups is 1. The molecule has 1 fully saturated rings. The first-order valence-electron chi connectivity index (χ1n) is 6.42. The van der Waals surface area contributed by atoms with Crippen LogP contribution in [0, 0.1) is 0 Å². The summed E-state index contributed by atoms with van der Waals surface area (Å²) < 4.78 is 0. The molecule has 0 saturated heterocycles. The third-order valence-corrected chi connectivity index (χ3v) is 3.80. The van der Waals surface area contributed by atoms with Crippen LogP contribution < -0.4 is 0 Å². The lowest BCUT2D eigenvalue weighted by molar-refractivity contribution is -0.140. The van der Waals surface area contributed by atoms with Gasteiger partial charge < -0.3 is 5.11 Å². The van der Waals surface area contributed by atoms with E-state index in [-0.39, 0.29) is 0 Å². The second-order valence-corrected chi connectivity index (χ2v) is 5.12. The van der Waals surface area contributed by atoms with E-state index in [1.165, 1.54) is 5.56 Å². The Balaban J connectivity index is 1.78. The summed E-state index contributed by atoms with van der Waals surface area (Å²) in [7, 11) is 0. The van der Waals surface area contributed by atoms with Gasteiger partial charge in [0, 0.05) is 12.4 Å². The quantitative estimate of drug-likeness (QED) is 0.911. The molecule has 0 bridgehead atoms. The van der Waals surface area contributed by atoms with Crippen LogP contribution in [0.1, 0.15) is 29.5 Å². The summed E-state index contributed by atoms with van der Waals surface area (Å²) in [6.45, 7) is 0. The zero-order valence-corrected chi connectivity index (χ0v) is 10.5. The zero-order valence-electron chi connectivity index (χ0n) is 10.5. The minimum Gasteiger partial charge on any atom is -0.481 e. The lowest BCUT2D eigenvalue weighted by Gasteiger charge is -2.10. The number of hydrogen-bond acceptors (Lipinski definition) is 2. The summed E-state index contributed by atoms with van der Waals surface area (Å²) in [6, 6.07) is 11.9. The summed E-state index contributed by atoms with van der Waals surface area (Å²) in [4.78, 5) is 15.3. The van der Waals surface area contributed by atoms with Crippen molar-refractivity contribution in [3.63, 3.8) is 0 Å². The van der Waals surface area contributed by atoms with Gasteiger partial charge in [0.2, 0.25) is 0 Å². The first kappa shape index (κ1) is 11.9. The fourth-order valence-electron chi connectivity index (χ4n) is 2.43. The fourth-order valence-corrected chi connectivity index (χ4v) is 2.43. The van der Waals surface area contributed by atoms with E-state index in [0.717, 1.165) is 30.4 Å². The van der Waals surface area contributed by atoms with E-state index < -0.39 is 11.4 Å². The van der Waals surface area contributed by atoms with Gasteiger partial charge >= 0.3 is 5.97 Å². The molecular weight excluding hydrogens is 238 g/mol. The van der Waals surface area contributed by atoms with Crippen LogP contribution in [0.3, 0.4) is 0 Å². The van der Waals surface area contributed by atoms with Crippen LogP contribution in [-0.2, 0) is 16.6 Å². The lowest BCUT2D eigenvalue weighted by atomic mass is 9.94. The number of nitrogens with zero attached hydrogens (tertiary/aromatic N) is 1. The van der Waals surface area contributed by atoms with Crippen LogP contribution in [-0.4, -0.2) is 16.1 Å². The molecule has 1 N–H and O–H groups in total. The van der Waals surface area contributed by atoms with Crippen molar-refractivity contribution in [2.45, 2.75) is 24.7 Å². The number of pyridine rings is 1. The largest absolute Gasteiger partial charge is 0.481 e. The highest BCUT2D eigenvalue weighted by Crippen LogP contribution is 2.48. The minimum atomic E-state index is -0.701. The van der Waals surface area contributed by atoms with Gasteiger partial charge in [-0.3, -0.25) is 9.78 Å². The molecule has 1 aromatic heterocycles. The number of hydrogen-bond donors (Lipinski definition) is 1. The Morgan fingerprint density at radius 1 is 1.16 bits per heavy atom. The maximum absolute atomic E-state index is 11.3. The molecule has 1 heterocycles. The Labute approximate surface area is 111 Å². The molecule has 96 valence electrons. The molecule has 0 amide bonds. The van der Waals surface area contributed by atoms with Crippen molar-refractivity contribution in [3.8, 4) is 0 Å². The van der Waals surface area contributed by atoms with Crippen LogP contribution >= 0.6 is 0 Å². The molecule has 3 nitrogen and oxygen atoms in total. The van der Waals surface area contributed by atoms with Crippen molar-refractivity contribution in [2.75, 3.05) is 0 Å². The summed E-state index contributed by atoms with van der Waals surface area (Å²) in [5.41, 5.74) is 2.66. The van der Waals surface area contributed by atoms with Crippen molar-refractivity contribution < 1.29 is 9.90 Å². The van der Waals surface area contributed by atoms with Crippen molar-refractivity contribution in [1.29, 1.82) is 0 Å². The highest BCUT2D eigenvalue weighted by atomic mass is 16.4. The van der Waals surface area contributed by atoms with E-state index >= 15 is 0 Å². The standard InChI is InChI=1S/C16H15NO2/c18-15(19)16(7-8-16)14-5-3-12(4-6-14)10-13-2-1-9-17-11-13/h1-6,9,11H,7-8,10H2,(H,18,19). The molecule has 0 unspecified atom stereocenters. The molecule has 3 rings (SSSR count). The van der Waals surface area contributed by atoms with Crippen LogP contribution in [0.5, 0.6) is 0 Å². The molecule has 1 saturated carbocycles. The topological polar surface area (TPSA) is 50.2 Å². The summed E-state index contributed by atoms with van der Waals surface area (Å²) in [5, 5.41) is 9.25. The van der Waals surface area contributed by atoms with Crippen molar-refractivity contribution in [3.05, 3.63) is 65.5 Å². The Kier molecular flexibility index (Phi) is 2.82. The molecule has 1 aliphatic rings. The molecule has 3 heteroatoms. The first-order valence-corrected chi connectivity index (χ1v) is 6.42. The van der Waals surface area contributed by atoms with Crippen LogP contribution in [0.4, 0.5) is 0 Å². The molecule has 0 spiro atoms.